The Bertz CT molecular complexity index is 637. The first kappa shape index (κ1) is 12.4. The highest BCUT2D eigenvalue weighted by Gasteiger charge is 2.14. The van der Waals surface area contributed by atoms with Gasteiger partial charge in [-0.2, -0.15) is 0 Å². The number of hydrogen-bond acceptors (Lipinski definition) is 2. The minimum Gasteiger partial charge on any atom is -0.207 e. The van der Waals surface area contributed by atoms with Crippen molar-refractivity contribution in [1.29, 1.82) is 0 Å². The quantitative estimate of drug-likeness (QED) is 0.784. The van der Waals surface area contributed by atoms with Crippen LogP contribution in [0.15, 0.2) is 53.4 Å². The maximum Gasteiger partial charge on any atom is 0.262 e. The summed E-state index contributed by atoms with van der Waals surface area (Å²) in [6.45, 7) is 0. The number of halogens is 2. The molecule has 0 aromatic heterocycles. The van der Waals surface area contributed by atoms with E-state index in [1.165, 1.54) is 6.07 Å². The largest absolute Gasteiger partial charge is 0.262 e. The van der Waals surface area contributed by atoms with E-state index in [9.17, 15) is 8.42 Å². The fourth-order valence-electron chi connectivity index (χ4n) is 1.51. The van der Waals surface area contributed by atoms with E-state index in [4.69, 9.17) is 22.3 Å². The van der Waals surface area contributed by atoms with Crippen molar-refractivity contribution in [3.63, 3.8) is 0 Å². The third-order valence-corrected chi connectivity index (χ3v) is 4.11. The molecule has 0 unspecified atom stereocenters. The molecule has 2 aromatic carbocycles. The Hall–Kier alpha value is -1.03. The van der Waals surface area contributed by atoms with Crippen LogP contribution in [0.2, 0.25) is 5.02 Å². The van der Waals surface area contributed by atoms with Crippen LogP contribution in [0.25, 0.3) is 11.1 Å². The van der Waals surface area contributed by atoms with Crippen molar-refractivity contribution in [1.82, 2.24) is 0 Å². The molecule has 0 spiro atoms. The smallest absolute Gasteiger partial charge is 0.207 e. The first-order valence-corrected chi connectivity index (χ1v) is 7.47. The molecule has 0 fully saturated rings. The third-order valence-electron chi connectivity index (χ3n) is 2.30. The van der Waals surface area contributed by atoms with Crippen LogP contribution >= 0.6 is 22.3 Å². The Morgan fingerprint density at radius 1 is 0.882 bits per heavy atom. The highest BCUT2D eigenvalue weighted by molar-refractivity contribution is 8.13. The summed E-state index contributed by atoms with van der Waals surface area (Å²) >= 11 is 5.90. The second-order valence-electron chi connectivity index (χ2n) is 3.45. The molecule has 0 aliphatic heterocycles. The van der Waals surface area contributed by atoms with Crippen LogP contribution in [0, 0.1) is 0 Å². The maximum absolute atomic E-state index is 11.2. The van der Waals surface area contributed by atoms with Crippen molar-refractivity contribution in [3.05, 3.63) is 53.6 Å². The average molecular weight is 287 g/mol. The molecule has 0 N–H and O–H groups in total. The van der Waals surface area contributed by atoms with Crippen LogP contribution in [0.1, 0.15) is 0 Å². The van der Waals surface area contributed by atoms with Crippen molar-refractivity contribution >= 4 is 31.3 Å². The van der Waals surface area contributed by atoms with Gasteiger partial charge >= 0.3 is 0 Å². The SMILES string of the molecule is O=S(=O)(Cl)c1ccc(-c2ccccc2)cc1Cl. The lowest BCUT2D eigenvalue weighted by molar-refractivity contribution is 0.609. The number of benzene rings is 2. The molecule has 0 amide bonds. The van der Waals surface area contributed by atoms with Crippen molar-refractivity contribution in [2.45, 2.75) is 4.90 Å². The Kier molecular flexibility index (Phi) is 3.43. The number of hydrogen-bond donors (Lipinski definition) is 0. The predicted molar refractivity (Wildman–Crippen MR) is 69.9 cm³/mol. The van der Waals surface area contributed by atoms with Crippen molar-refractivity contribution < 1.29 is 8.42 Å². The molecule has 0 heterocycles. The van der Waals surface area contributed by atoms with Gasteiger partial charge in [0.25, 0.3) is 9.05 Å². The van der Waals surface area contributed by atoms with E-state index in [1.807, 2.05) is 30.3 Å². The van der Waals surface area contributed by atoms with E-state index < -0.39 is 9.05 Å². The molecule has 0 aliphatic rings. The second kappa shape index (κ2) is 4.69. The average Bonchev–Trinajstić information content (AvgIpc) is 2.28. The lowest BCUT2D eigenvalue weighted by Gasteiger charge is -2.04. The van der Waals surface area contributed by atoms with E-state index >= 15 is 0 Å². The molecule has 2 rings (SSSR count). The molecule has 2 aromatic rings. The summed E-state index contributed by atoms with van der Waals surface area (Å²) in [5.41, 5.74) is 1.81. The molecule has 5 heteroatoms. The summed E-state index contributed by atoms with van der Waals surface area (Å²) in [6, 6.07) is 14.2. The minimum atomic E-state index is -3.79. The van der Waals surface area contributed by atoms with Gasteiger partial charge in [0.05, 0.1) is 5.02 Å². The summed E-state index contributed by atoms with van der Waals surface area (Å²) in [5.74, 6) is 0. The predicted octanol–water partition coefficient (Wildman–Crippen LogP) is 3.93. The van der Waals surface area contributed by atoms with Crippen molar-refractivity contribution in [2.75, 3.05) is 0 Å². The first-order valence-electron chi connectivity index (χ1n) is 4.78. The normalized spacial score (nSPS) is 11.4. The van der Waals surface area contributed by atoms with Gasteiger partial charge in [-0.25, -0.2) is 8.42 Å². The molecule has 17 heavy (non-hydrogen) atoms. The van der Waals surface area contributed by atoms with Gasteiger partial charge in [0.15, 0.2) is 0 Å². The molecule has 0 saturated carbocycles. The van der Waals surface area contributed by atoms with E-state index in [2.05, 4.69) is 0 Å². The van der Waals surface area contributed by atoms with Crippen LogP contribution in [-0.4, -0.2) is 8.42 Å². The standard InChI is InChI=1S/C12H8Cl2O2S/c13-11-8-10(9-4-2-1-3-5-9)6-7-12(11)17(14,15)16/h1-8H. The molecular weight excluding hydrogens is 279 g/mol. The lowest BCUT2D eigenvalue weighted by Crippen LogP contribution is -1.92. The van der Waals surface area contributed by atoms with Crippen LogP contribution in [0.5, 0.6) is 0 Å². The zero-order chi connectivity index (χ0) is 12.5. The zero-order valence-corrected chi connectivity index (χ0v) is 10.9. The van der Waals surface area contributed by atoms with Crippen LogP contribution < -0.4 is 0 Å². The Balaban J connectivity index is 2.53. The second-order valence-corrected chi connectivity index (χ2v) is 6.39. The van der Waals surface area contributed by atoms with Gasteiger partial charge in [-0.1, -0.05) is 48.0 Å². The summed E-state index contributed by atoms with van der Waals surface area (Å²) < 4.78 is 22.4. The molecule has 0 bridgehead atoms. The highest BCUT2D eigenvalue weighted by Crippen LogP contribution is 2.29. The van der Waals surface area contributed by atoms with Gasteiger partial charge in [0, 0.05) is 10.7 Å². The van der Waals surface area contributed by atoms with E-state index in [0.29, 0.717) is 0 Å². The third kappa shape index (κ3) is 2.80. The van der Waals surface area contributed by atoms with Gasteiger partial charge in [-0.15, -0.1) is 0 Å². The number of rotatable bonds is 2. The molecule has 88 valence electrons. The summed E-state index contributed by atoms with van der Waals surface area (Å²) in [5, 5.41) is 0.126. The lowest BCUT2D eigenvalue weighted by atomic mass is 10.1. The Morgan fingerprint density at radius 3 is 2.06 bits per heavy atom. The minimum absolute atomic E-state index is 0.0690. The molecule has 0 saturated heterocycles. The van der Waals surface area contributed by atoms with Crippen LogP contribution in [0.3, 0.4) is 0 Å². The fourth-order valence-corrected chi connectivity index (χ4v) is 3.04. The molecular formula is C12H8Cl2O2S. The van der Waals surface area contributed by atoms with Crippen molar-refractivity contribution in [2.24, 2.45) is 0 Å². The fraction of sp³-hybridized carbons (Fsp3) is 0. The van der Waals surface area contributed by atoms with Gasteiger partial charge < -0.3 is 0 Å². The van der Waals surface area contributed by atoms with Gasteiger partial charge in [-0.05, 0) is 23.3 Å². The van der Waals surface area contributed by atoms with E-state index in [-0.39, 0.29) is 9.92 Å². The summed E-state index contributed by atoms with van der Waals surface area (Å²) in [4.78, 5) is -0.0690. The van der Waals surface area contributed by atoms with Gasteiger partial charge in [0.2, 0.25) is 0 Å². The monoisotopic (exact) mass is 286 g/mol. The topological polar surface area (TPSA) is 34.1 Å². The molecule has 2 nitrogen and oxygen atoms in total. The highest BCUT2D eigenvalue weighted by atomic mass is 35.7. The first-order chi connectivity index (χ1) is 7.98. The molecule has 0 radical (unpaired) electrons. The van der Waals surface area contributed by atoms with Crippen molar-refractivity contribution in [3.8, 4) is 11.1 Å². The van der Waals surface area contributed by atoms with Gasteiger partial charge in [-0.3, -0.25) is 0 Å². The summed E-state index contributed by atoms with van der Waals surface area (Å²) in [6.07, 6.45) is 0. The van der Waals surface area contributed by atoms with Gasteiger partial charge in [0.1, 0.15) is 4.90 Å². The Morgan fingerprint density at radius 2 is 1.53 bits per heavy atom. The zero-order valence-electron chi connectivity index (χ0n) is 8.60. The van der Waals surface area contributed by atoms with E-state index in [0.717, 1.165) is 11.1 Å². The molecule has 0 atom stereocenters. The van der Waals surface area contributed by atoms with Crippen LogP contribution in [-0.2, 0) is 9.05 Å². The van der Waals surface area contributed by atoms with Crippen LogP contribution in [0.4, 0.5) is 0 Å². The maximum atomic E-state index is 11.2. The summed E-state index contributed by atoms with van der Waals surface area (Å²) in [7, 11) is 1.46. The Labute approximate surface area is 109 Å². The molecule has 0 aliphatic carbocycles. The van der Waals surface area contributed by atoms with E-state index in [1.54, 1.807) is 12.1 Å².